The molecule has 0 saturated carbocycles. The van der Waals surface area contributed by atoms with Crippen molar-refractivity contribution in [1.29, 1.82) is 0 Å². The van der Waals surface area contributed by atoms with Gasteiger partial charge in [-0.1, -0.05) is 0 Å². The minimum absolute atomic E-state index is 0.442. The summed E-state index contributed by atoms with van der Waals surface area (Å²) in [6.45, 7) is -0.671. The van der Waals surface area contributed by atoms with Crippen LogP contribution in [-0.2, 0) is 9.53 Å². The predicted molar refractivity (Wildman–Crippen MR) is 68.0 cm³/mol. The number of carbonyl (C=O) groups excluding carboxylic acids is 2. The Balaban J connectivity index is 0.000000219. The first kappa shape index (κ1) is 16.4. The first-order valence-electron chi connectivity index (χ1n) is 5.70. The highest BCUT2D eigenvalue weighted by molar-refractivity contribution is 5.92. The number of hydrogen-bond donors (Lipinski definition) is 5. The lowest BCUT2D eigenvalue weighted by Crippen LogP contribution is -2.31. The summed E-state index contributed by atoms with van der Waals surface area (Å²) in [6, 6.07) is 3.29. The number of carbonyl (C=O) groups is 2. The number of nitrogens with two attached hydrogens (primary N) is 1. The van der Waals surface area contributed by atoms with Gasteiger partial charge in [0.2, 0.25) is 11.7 Å². The fourth-order valence-electron chi connectivity index (χ4n) is 1.33. The summed E-state index contributed by atoms with van der Waals surface area (Å²) in [7, 11) is 0. The lowest BCUT2D eigenvalue weighted by molar-refractivity contribution is -0.147. The van der Waals surface area contributed by atoms with E-state index in [0.717, 1.165) is 0 Å². The van der Waals surface area contributed by atoms with Gasteiger partial charge in [0.1, 0.15) is 6.10 Å². The number of cyclic esters (lactones) is 1. The summed E-state index contributed by atoms with van der Waals surface area (Å²) in [6.07, 6.45) is 0.246. The van der Waals surface area contributed by atoms with Crippen molar-refractivity contribution in [3.63, 3.8) is 0 Å². The average molecular weight is 298 g/mol. The molecule has 0 radical (unpaired) electrons. The van der Waals surface area contributed by atoms with E-state index < -0.39 is 42.2 Å². The highest BCUT2D eigenvalue weighted by atomic mass is 16.6. The second-order valence-electron chi connectivity index (χ2n) is 3.92. The van der Waals surface area contributed by atoms with Crippen molar-refractivity contribution in [1.82, 2.24) is 4.98 Å². The van der Waals surface area contributed by atoms with E-state index in [1.165, 1.54) is 6.20 Å². The number of esters is 1. The fourth-order valence-corrected chi connectivity index (χ4v) is 1.33. The molecule has 2 heterocycles. The van der Waals surface area contributed by atoms with E-state index in [-0.39, 0.29) is 0 Å². The summed E-state index contributed by atoms with van der Waals surface area (Å²) in [5.74, 6) is -3.22. The second kappa shape index (κ2) is 7.22. The maximum Gasteiger partial charge on any atom is 0.377 e. The number of aliphatic hydroxyl groups is 4. The molecule has 6 N–H and O–H groups in total. The molecule has 0 aromatic carbocycles. The highest BCUT2D eigenvalue weighted by Crippen LogP contribution is 2.20. The summed E-state index contributed by atoms with van der Waals surface area (Å²) < 4.78 is 4.32. The maximum atomic E-state index is 10.5. The van der Waals surface area contributed by atoms with Crippen LogP contribution in [0.2, 0.25) is 0 Å². The number of hydrogen-bond acceptors (Lipinski definition) is 8. The van der Waals surface area contributed by atoms with Gasteiger partial charge in [0.25, 0.3) is 0 Å². The molecule has 21 heavy (non-hydrogen) atoms. The molecule has 1 aromatic rings. The lowest BCUT2D eigenvalue weighted by atomic mass is 10.2. The van der Waals surface area contributed by atoms with Gasteiger partial charge in [-0.2, -0.15) is 0 Å². The topological polar surface area (TPSA) is 163 Å². The van der Waals surface area contributed by atoms with Crippen molar-refractivity contribution in [3.05, 3.63) is 41.6 Å². The first-order chi connectivity index (χ1) is 9.88. The Morgan fingerprint density at radius 3 is 2.48 bits per heavy atom. The van der Waals surface area contributed by atoms with Gasteiger partial charge in [-0.05, 0) is 12.1 Å². The number of ether oxygens (including phenoxy) is 1. The molecule has 0 saturated heterocycles. The van der Waals surface area contributed by atoms with Crippen molar-refractivity contribution in [2.45, 2.75) is 12.2 Å². The summed E-state index contributed by atoms with van der Waals surface area (Å²) in [5.41, 5.74) is 5.38. The van der Waals surface area contributed by atoms with E-state index in [1.807, 2.05) is 0 Å². The number of aromatic nitrogens is 1. The van der Waals surface area contributed by atoms with Crippen LogP contribution in [0.25, 0.3) is 0 Å². The monoisotopic (exact) mass is 298 g/mol. The Labute approximate surface area is 118 Å². The first-order valence-corrected chi connectivity index (χ1v) is 5.70. The van der Waals surface area contributed by atoms with E-state index in [1.54, 1.807) is 18.3 Å². The van der Waals surface area contributed by atoms with Gasteiger partial charge < -0.3 is 30.9 Å². The fraction of sp³-hybridized carbons (Fsp3) is 0.250. The molecular weight excluding hydrogens is 284 g/mol. The van der Waals surface area contributed by atoms with Gasteiger partial charge >= 0.3 is 5.97 Å². The van der Waals surface area contributed by atoms with Crippen LogP contribution in [0.5, 0.6) is 0 Å². The summed E-state index contributed by atoms with van der Waals surface area (Å²) in [5, 5.41) is 35.0. The molecule has 0 fully saturated rings. The van der Waals surface area contributed by atoms with Crippen LogP contribution in [0.1, 0.15) is 10.4 Å². The molecular formula is C12H14N2O7. The highest BCUT2D eigenvalue weighted by Gasteiger charge is 2.38. The van der Waals surface area contributed by atoms with Gasteiger partial charge in [-0.3, -0.25) is 9.78 Å². The van der Waals surface area contributed by atoms with Crippen LogP contribution in [0, 0.1) is 0 Å². The molecule has 0 bridgehead atoms. The lowest BCUT2D eigenvalue weighted by Gasteiger charge is -2.13. The predicted octanol–water partition coefficient (Wildman–Crippen LogP) is -1.23. The van der Waals surface area contributed by atoms with Crippen LogP contribution < -0.4 is 5.73 Å². The quantitative estimate of drug-likeness (QED) is 0.433. The van der Waals surface area contributed by atoms with Crippen molar-refractivity contribution >= 4 is 11.9 Å². The number of nitrogens with zero attached hydrogens (tertiary/aromatic N) is 1. The zero-order chi connectivity index (χ0) is 16.0. The molecule has 9 nitrogen and oxygen atoms in total. The Hall–Kier alpha value is -2.65. The van der Waals surface area contributed by atoms with Crippen molar-refractivity contribution in [2.24, 2.45) is 5.73 Å². The molecule has 1 unspecified atom stereocenters. The van der Waals surface area contributed by atoms with E-state index in [9.17, 15) is 9.59 Å². The number of pyridine rings is 1. The van der Waals surface area contributed by atoms with Crippen LogP contribution >= 0.6 is 0 Å². The third kappa shape index (κ3) is 4.16. The zero-order valence-electron chi connectivity index (χ0n) is 10.7. The minimum Gasteiger partial charge on any atom is -0.505 e. The molecule has 1 aromatic heterocycles. The van der Waals surface area contributed by atoms with E-state index in [4.69, 9.17) is 26.2 Å². The second-order valence-corrected chi connectivity index (χ2v) is 3.92. The van der Waals surface area contributed by atoms with Crippen molar-refractivity contribution < 1.29 is 34.8 Å². The smallest absolute Gasteiger partial charge is 0.377 e. The summed E-state index contributed by atoms with van der Waals surface area (Å²) in [4.78, 5) is 24.6. The Morgan fingerprint density at radius 2 is 2.14 bits per heavy atom. The molecule has 9 heteroatoms. The van der Waals surface area contributed by atoms with Crippen LogP contribution in [0.3, 0.4) is 0 Å². The Bertz CT molecular complexity index is 544. The molecule has 0 aliphatic carbocycles. The third-order valence-corrected chi connectivity index (χ3v) is 2.42. The average Bonchev–Trinajstić information content (AvgIpc) is 2.75. The standard InChI is InChI=1S/C6H6N2O.C6H8O6/c7-6(9)5-2-1-3-8-4-5;7-1-2(8)5-3(9)4(10)6(11)12-5/h1-4H,(H2,7,9);2,5,7-10H,1H2/t;2?,5-/m.1/s1. The van der Waals surface area contributed by atoms with E-state index in [0.29, 0.717) is 5.56 Å². The van der Waals surface area contributed by atoms with Gasteiger partial charge in [0, 0.05) is 12.4 Å². The van der Waals surface area contributed by atoms with Gasteiger partial charge in [-0.25, -0.2) is 4.79 Å². The molecule has 2 rings (SSSR count). The number of primary amides is 1. The van der Waals surface area contributed by atoms with Crippen LogP contribution in [0.4, 0.5) is 0 Å². The summed E-state index contributed by atoms with van der Waals surface area (Å²) >= 11 is 0. The minimum atomic E-state index is -1.42. The third-order valence-electron chi connectivity index (χ3n) is 2.42. The Kier molecular flexibility index (Phi) is 5.64. The van der Waals surface area contributed by atoms with E-state index in [2.05, 4.69) is 9.72 Å². The molecule has 1 aliphatic rings. The molecule has 114 valence electrons. The van der Waals surface area contributed by atoms with Gasteiger partial charge in [-0.15, -0.1) is 0 Å². The van der Waals surface area contributed by atoms with Crippen molar-refractivity contribution in [3.8, 4) is 0 Å². The number of rotatable bonds is 3. The molecule has 0 spiro atoms. The number of aliphatic hydroxyl groups excluding tert-OH is 4. The maximum absolute atomic E-state index is 10.5. The Morgan fingerprint density at radius 1 is 1.48 bits per heavy atom. The van der Waals surface area contributed by atoms with Crippen LogP contribution in [-0.4, -0.2) is 56.1 Å². The van der Waals surface area contributed by atoms with Crippen LogP contribution in [0.15, 0.2) is 36.0 Å². The number of amides is 1. The molecule has 1 amide bonds. The van der Waals surface area contributed by atoms with Crippen molar-refractivity contribution in [2.75, 3.05) is 6.61 Å². The normalized spacial score (nSPS) is 18.6. The SMILES string of the molecule is NC(=O)c1cccnc1.O=C1O[C@H](C(O)CO)C(O)=C1O. The van der Waals surface area contributed by atoms with Gasteiger partial charge in [0.05, 0.1) is 12.2 Å². The van der Waals surface area contributed by atoms with Gasteiger partial charge in [0.15, 0.2) is 11.9 Å². The van der Waals surface area contributed by atoms with E-state index >= 15 is 0 Å². The molecule has 1 aliphatic heterocycles. The molecule has 2 atom stereocenters. The zero-order valence-corrected chi connectivity index (χ0v) is 10.7. The largest absolute Gasteiger partial charge is 0.505 e.